The van der Waals surface area contributed by atoms with Gasteiger partial charge in [-0.05, 0) is 54.9 Å². The molecule has 1 amide bonds. The van der Waals surface area contributed by atoms with E-state index in [1.165, 1.54) is 19.4 Å². The van der Waals surface area contributed by atoms with Gasteiger partial charge in [-0.1, -0.05) is 23.8 Å². The van der Waals surface area contributed by atoms with Crippen molar-refractivity contribution in [2.45, 2.75) is 12.8 Å². The number of nitrogens with zero attached hydrogens (tertiary/aromatic N) is 2. The maximum absolute atomic E-state index is 12.3. The monoisotopic (exact) mass is 360 g/mol. The van der Waals surface area contributed by atoms with E-state index in [0.29, 0.717) is 10.8 Å². The quantitative estimate of drug-likeness (QED) is 0.756. The smallest absolute Gasteiger partial charge is 0.260 e. The summed E-state index contributed by atoms with van der Waals surface area (Å²) < 4.78 is 5.57. The number of amides is 1. The predicted octanol–water partition coefficient (Wildman–Crippen LogP) is 3.08. The lowest BCUT2D eigenvalue weighted by Gasteiger charge is -2.36. The summed E-state index contributed by atoms with van der Waals surface area (Å²) in [6.07, 6.45) is 7.55. The molecule has 0 radical (unpaired) electrons. The van der Waals surface area contributed by atoms with E-state index in [1.54, 1.807) is 24.3 Å². The second-order valence-corrected chi connectivity index (χ2v) is 7.90. The molecule has 1 aromatic carbocycles. The molecular weight excluding hydrogens is 336 g/mol. The number of carbonyl (C=O) groups excluding carboxylic acids is 1. The average Bonchev–Trinajstić information content (AvgIpc) is 3.25. The summed E-state index contributed by atoms with van der Waals surface area (Å²) in [6, 6.07) is 7.12. The lowest BCUT2D eigenvalue weighted by atomic mass is 9.93. The number of halogens is 1. The Kier molecular flexibility index (Phi) is 5.00. The minimum atomic E-state index is 0.0671. The van der Waals surface area contributed by atoms with Crippen LogP contribution in [0.1, 0.15) is 12.8 Å². The molecule has 3 atom stereocenters. The van der Waals surface area contributed by atoms with Crippen LogP contribution in [0, 0.1) is 17.8 Å². The van der Waals surface area contributed by atoms with Crippen LogP contribution in [-0.4, -0.2) is 55.0 Å². The fourth-order valence-corrected chi connectivity index (χ4v) is 4.51. The van der Waals surface area contributed by atoms with Crippen LogP contribution in [0.3, 0.4) is 0 Å². The van der Waals surface area contributed by atoms with E-state index in [1.807, 2.05) is 4.90 Å². The van der Waals surface area contributed by atoms with E-state index in [-0.39, 0.29) is 12.5 Å². The van der Waals surface area contributed by atoms with Gasteiger partial charge in [0.2, 0.25) is 0 Å². The third kappa shape index (κ3) is 4.01. The van der Waals surface area contributed by atoms with E-state index in [2.05, 4.69) is 17.1 Å². The summed E-state index contributed by atoms with van der Waals surface area (Å²) in [4.78, 5) is 16.8. The second-order valence-electron chi connectivity index (χ2n) is 7.46. The van der Waals surface area contributed by atoms with Gasteiger partial charge in [-0.25, -0.2) is 0 Å². The first kappa shape index (κ1) is 16.9. The SMILES string of the molecule is O=C(COc1ccc(Cl)cc1)N1CCN(CC2CC3C=CC2C3)CC1. The molecule has 2 bridgehead atoms. The molecule has 1 aromatic rings. The fraction of sp³-hybridized carbons (Fsp3) is 0.550. The molecule has 3 unspecified atom stereocenters. The molecule has 134 valence electrons. The maximum Gasteiger partial charge on any atom is 0.260 e. The zero-order valence-corrected chi connectivity index (χ0v) is 15.2. The van der Waals surface area contributed by atoms with E-state index in [0.717, 1.165) is 43.9 Å². The molecule has 4 rings (SSSR count). The van der Waals surface area contributed by atoms with Crippen LogP contribution >= 0.6 is 11.6 Å². The molecule has 1 aliphatic heterocycles. The Morgan fingerprint density at radius 2 is 1.84 bits per heavy atom. The molecule has 25 heavy (non-hydrogen) atoms. The molecule has 3 aliphatic rings. The molecule has 0 aromatic heterocycles. The summed E-state index contributed by atoms with van der Waals surface area (Å²) >= 11 is 5.85. The zero-order valence-electron chi connectivity index (χ0n) is 14.4. The van der Waals surface area contributed by atoms with Gasteiger partial charge < -0.3 is 9.64 Å². The number of hydrogen-bond acceptors (Lipinski definition) is 3. The standard InChI is InChI=1S/C20H25ClN2O2/c21-18-3-5-19(6-4-18)25-14-20(24)23-9-7-22(8-10-23)13-17-12-15-1-2-16(17)11-15/h1-6,15-17H,7-14H2. The van der Waals surface area contributed by atoms with Crippen LogP contribution in [0.2, 0.25) is 5.02 Å². The predicted molar refractivity (Wildman–Crippen MR) is 98.8 cm³/mol. The number of ether oxygens (including phenoxy) is 1. The van der Waals surface area contributed by atoms with Gasteiger partial charge in [0.1, 0.15) is 5.75 Å². The molecule has 0 N–H and O–H groups in total. The third-order valence-electron chi connectivity index (χ3n) is 5.81. The van der Waals surface area contributed by atoms with Crippen molar-refractivity contribution >= 4 is 17.5 Å². The highest BCUT2D eigenvalue weighted by Crippen LogP contribution is 2.43. The summed E-state index contributed by atoms with van der Waals surface area (Å²) in [5, 5.41) is 0.667. The summed E-state index contributed by atoms with van der Waals surface area (Å²) in [6.45, 7) is 4.85. The van der Waals surface area contributed by atoms with Gasteiger partial charge in [-0.3, -0.25) is 9.69 Å². The Bertz CT molecular complexity index is 638. The van der Waals surface area contributed by atoms with Crippen molar-refractivity contribution in [3.8, 4) is 5.75 Å². The topological polar surface area (TPSA) is 32.8 Å². The van der Waals surface area contributed by atoms with Crippen molar-refractivity contribution in [1.82, 2.24) is 9.80 Å². The van der Waals surface area contributed by atoms with Crippen LogP contribution in [-0.2, 0) is 4.79 Å². The number of rotatable bonds is 5. The molecule has 2 aliphatic carbocycles. The van der Waals surface area contributed by atoms with Gasteiger partial charge in [-0.2, -0.15) is 0 Å². The Labute approximate surface area is 154 Å². The van der Waals surface area contributed by atoms with E-state index in [9.17, 15) is 4.79 Å². The van der Waals surface area contributed by atoms with Crippen LogP contribution in [0.15, 0.2) is 36.4 Å². The number of allylic oxidation sites excluding steroid dienone is 2. The molecule has 1 heterocycles. The van der Waals surface area contributed by atoms with Crippen molar-refractivity contribution in [3.63, 3.8) is 0 Å². The summed E-state index contributed by atoms with van der Waals surface area (Å²) in [7, 11) is 0. The molecule has 4 nitrogen and oxygen atoms in total. The first-order valence-corrected chi connectivity index (χ1v) is 9.62. The maximum atomic E-state index is 12.3. The number of piperazine rings is 1. The van der Waals surface area contributed by atoms with Crippen molar-refractivity contribution in [1.29, 1.82) is 0 Å². The van der Waals surface area contributed by atoms with Crippen LogP contribution in [0.25, 0.3) is 0 Å². The van der Waals surface area contributed by atoms with Crippen LogP contribution in [0.4, 0.5) is 0 Å². The first-order chi connectivity index (χ1) is 12.2. The van der Waals surface area contributed by atoms with Crippen LogP contribution < -0.4 is 4.74 Å². The molecule has 0 spiro atoms. The highest BCUT2D eigenvalue weighted by atomic mass is 35.5. The van der Waals surface area contributed by atoms with E-state index >= 15 is 0 Å². The van der Waals surface area contributed by atoms with Crippen molar-refractivity contribution < 1.29 is 9.53 Å². The van der Waals surface area contributed by atoms with Crippen LogP contribution in [0.5, 0.6) is 5.75 Å². The average molecular weight is 361 g/mol. The molecule has 1 saturated carbocycles. The second kappa shape index (κ2) is 7.38. The van der Waals surface area contributed by atoms with Gasteiger partial charge >= 0.3 is 0 Å². The van der Waals surface area contributed by atoms with E-state index < -0.39 is 0 Å². The van der Waals surface area contributed by atoms with Crippen molar-refractivity contribution in [2.24, 2.45) is 17.8 Å². The van der Waals surface area contributed by atoms with Crippen molar-refractivity contribution in [2.75, 3.05) is 39.3 Å². The molecular formula is C20H25ClN2O2. The Morgan fingerprint density at radius 3 is 2.48 bits per heavy atom. The lowest BCUT2D eigenvalue weighted by molar-refractivity contribution is -0.135. The minimum absolute atomic E-state index is 0.0671. The number of carbonyl (C=O) groups is 1. The minimum Gasteiger partial charge on any atom is -0.484 e. The normalized spacial score (nSPS) is 28.5. The first-order valence-electron chi connectivity index (χ1n) is 9.24. The van der Waals surface area contributed by atoms with Gasteiger partial charge in [-0.15, -0.1) is 0 Å². The van der Waals surface area contributed by atoms with Gasteiger partial charge in [0, 0.05) is 37.7 Å². The largest absolute Gasteiger partial charge is 0.484 e. The molecule has 1 saturated heterocycles. The number of hydrogen-bond donors (Lipinski definition) is 0. The third-order valence-corrected chi connectivity index (χ3v) is 6.06. The highest BCUT2D eigenvalue weighted by Gasteiger charge is 2.36. The Morgan fingerprint density at radius 1 is 1.08 bits per heavy atom. The Balaban J connectivity index is 1.19. The van der Waals surface area contributed by atoms with Gasteiger partial charge in [0.25, 0.3) is 5.91 Å². The molecule has 5 heteroatoms. The number of fused-ring (bicyclic) bond motifs is 2. The van der Waals surface area contributed by atoms with Crippen molar-refractivity contribution in [3.05, 3.63) is 41.4 Å². The fourth-order valence-electron chi connectivity index (χ4n) is 4.38. The highest BCUT2D eigenvalue weighted by molar-refractivity contribution is 6.30. The number of benzene rings is 1. The van der Waals surface area contributed by atoms with E-state index in [4.69, 9.17) is 16.3 Å². The zero-order chi connectivity index (χ0) is 17.2. The van der Waals surface area contributed by atoms with Gasteiger partial charge in [0.15, 0.2) is 6.61 Å². The Hall–Kier alpha value is -1.52. The lowest BCUT2D eigenvalue weighted by Crippen LogP contribution is -2.51. The van der Waals surface area contributed by atoms with Gasteiger partial charge in [0.05, 0.1) is 0 Å². The molecule has 2 fully saturated rings. The summed E-state index contributed by atoms with van der Waals surface area (Å²) in [5.74, 6) is 3.21. The summed E-state index contributed by atoms with van der Waals surface area (Å²) in [5.41, 5.74) is 0.